The summed E-state index contributed by atoms with van der Waals surface area (Å²) in [5.74, 6) is 0.748. The van der Waals surface area contributed by atoms with Gasteiger partial charge in [-0.2, -0.15) is 4.98 Å². The third-order valence-electron chi connectivity index (χ3n) is 2.38. The molecule has 0 bridgehead atoms. The van der Waals surface area contributed by atoms with Crippen LogP contribution in [0.5, 0.6) is 5.75 Å². The van der Waals surface area contributed by atoms with E-state index in [-0.39, 0.29) is 23.8 Å². The molecule has 0 saturated carbocycles. The number of benzene rings is 1. The zero-order chi connectivity index (χ0) is 13.8. The Bertz CT molecular complexity index is 581. The van der Waals surface area contributed by atoms with Gasteiger partial charge in [0.1, 0.15) is 17.9 Å². The van der Waals surface area contributed by atoms with Crippen LogP contribution in [0.25, 0.3) is 0 Å². The van der Waals surface area contributed by atoms with Crippen molar-refractivity contribution in [2.45, 2.75) is 26.4 Å². The highest BCUT2D eigenvalue weighted by molar-refractivity contribution is 5.75. The van der Waals surface area contributed by atoms with Crippen molar-refractivity contribution in [2.75, 3.05) is 0 Å². The Morgan fingerprint density at radius 2 is 2.21 bits per heavy atom. The Kier molecular flexibility index (Phi) is 3.89. The van der Waals surface area contributed by atoms with Crippen molar-refractivity contribution in [3.63, 3.8) is 0 Å². The first kappa shape index (κ1) is 13.2. The van der Waals surface area contributed by atoms with Crippen LogP contribution < -0.4 is 4.74 Å². The fourth-order valence-corrected chi connectivity index (χ4v) is 1.44. The molecule has 100 valence electrons. The molecule has 0 saturated heterocycles. The van der Waals surface area contributed by atoms with Crippen molar-refractivity contribution < 1.29 is 18.4 Å². The molecule has 0 N–H and O–H groups in total. The van der Waals surface area contributed by atoms with Crippen molar-refractivity contribution in [3.05, 3.63) is 41.3 Å². The van der Waals surface area contributed by atoms with E-state index in [1.54, 1.807) is 0 Å². The maximum Gasteiger partial charge on any atom is 0.229 e. The molecule has 0 aliphatic heterocycles. The van der Waals surface area contributed by atoms with Crippen LogP contribution >= 0.6 is 0 Å². The van der Waals surface area contributed by atoms with Gasteiger partial charge in [0.2, 0.25) is 11.7 Å². The van der Waals surface area contributed by atoms with E-state index in [4.69, 9.17) is 9.26 Å². The minimum absolute atomic E-state index is 0.0535. The average Bonchev–Trinajstić information content (AvgIpc) is 2.84. The van der Waals surface area contributed by atoms with Gasteiger partial charge in [-0.05, 0) is 12.1 Å². The molecule has 0 unspecified atom stereocenters. The van der Waals surface area contributed by atoms with Crippen molar-refractivity contribution >= 4 is 6.29 Å². The van der Waals surface area contributed by atoms with Crippen LogP contribution in [-0.2, 0) is 6.61 Å². The van der Waals surface area contributed by atoms with Crippen molar-refractivity contribution in [1.29, 1.82) is 0 Å². The Morgan fingerprint density at radius 3 is 2.84 bits per heavy atom. The minimum Gasteiger partial charge on any atom is -0.485 e. The molecule has 2 aromatic rings. The third kappa shape index (κ3) is 3.37. The summed E-state index contributed by atoms with van der Waals surface area (Å²) in [6.07, 6.45) is 0.557. The van der Waals surface area contributed by atoms with Crippen molar-refractivity contribution in [1.82, 2.24) is 10.1 Å². The quantitative estimate of drug-likeness (QED) is 0.777. The van der Waals surface area contributed by atoms with Crippen LogP contribution in [0.4, 0.5) is 4.39 Å². The lowest BCUT2D eigenvalue weighted by molar-refractivity contribution is 0.112. The number of rotatable bonds is 5. The van der Waals surface area contributed by atoms with Crippen LogP contribution in [0, 0.1) is 5.82 Å². The summed E-state index contributed by atoms with van der Waals surface area (Å²) in [5.41, 5.74) is 0.214. The Hall–Kier alpha value is -2.24. The van der Waals surface area contributed by atoms with Crippen LogP contribution in [0.2, 0.25) is 0 Å². The average molecular weight is 264 g/mol. The van der Waals surface area contributed by atoms with Gasteiger partial charge in [0.25, 0.3) is 0 Å². The highest BCUT2D eigenvalue weighted by Gasteiger charge is 2.10. The molecule has 2 rings (SSSR count). The molecule has 0 atom stereocenters. The van der Waals surface area contributed by atoms with Crippen LogP contribution in [0.3, 0.4) is 0 Å². The predicted octanol–water partition coefficient (Wildman–Crippen LogP) is 2.72. The topological polar surface area (TPSA) is 65.2 Å². The first-order valence-corrected chi connectivity index (χ1v) is 5.79. The molecule has 0 spiro atoms. The molecule has 6 heteroatoms. The molecule has 0 aliphatic carbocycles. The van der Waals surface area contributed by atoms with E-state index < -0.39 is 5.82 Å². The van der Waals surface area contributed by atoms with E-state index in [0.29, 0.717) is 18.0 Å². The zero-order valence-corrected chi connectivity index (χ0v) is 10.6. The SMILES string of the molecule is CC(C)c1nc(COc2cc(F)cc(C=O)c2)no1. The number of carbonyl (C=O) groups is 1. The molecule has 5 nitrogen and oxygen atoms in total. The molecular weight excluding hydrogens is 251 g/mol. The van der Waals surface area contributed by atoms with Crippen molar-refractivity contribution in [2.24, 2.45) is 0 Å². The molecule has 1 aromatic heterocycles. The summed E-state index contributed by atoms with van der Waals surface area (Å²) in [6, 6.07) is 3.76. The summed E-state index contributed by atoms with van der Waals surface area (Å²) in [6.45, 7) is 3.92. The van der Waals surface area contributed by atoms with Gasteiger partial charge in [-0.3, -0.25) is 4.79 Å². The monoisotopic (exact) mass is 264 g/mol. The number of ether oxygens (including phenoxy) is 1. The Balaban J connectivity index is 2.05. The fraction of sp³-hybridized carbons (Fsp3) is 0.308. The van der Waals surface area contributed by atoms with Crippen LogP contribution in [-0.4, -0.2) is 16.4 Å². The minimum atomic E-state index is -0.532. The van der Waals surface area contributed by atoms with Gasteiger partial charge in [-0.1, -0.05) is 19.0 Å². The molecule has 1 aromatic carbocycles. The number of nitrogens with zero attached hydrogens (tertiary/aromatic N) is 2. The highest BCUT2D eigenvalue weighted by Crippen LogP contribution is 2.17. The Morgan fingerprint density at radius 1 is 1.42 bits per heavy atom. The molecule has 19 heavy (non-hydrogen) atoms. The van der Waals surface area contributed by atoms with Gasteiger partial charge >= 0.3 is 0 Å². The molecular formula is C13H13FN2O3. The predicted molar refractivity (Wildman–Crippen MR) is 64.5 cm³/mol. The third-order valence-corrected chi connectivity index (χ3v) is 2.38. The molecule has 0 radical (unpaired) electrons. The molecule has 0 amide bonds. The number of aromatic nitrogens is 2. The molecule has 0 aliphatic rings. The molecule has 0 fully saturated rings. The first-order valence-electron chi connectivity index (χ1n) is 5.79. The maximum absolute atomic E-state index is 13.2. The van der Waals surface area contributed by atoms with E-state index in [9.17, 15) is 9.18 Å². The second-order valence-electron chi connectivity index (χ2n) is 4.33. The highest BCUT2D eigenvalue weighted by atomic mass is 19.1. The summed E-state index contributed by atoms with van der Waals surface area (Å²) in [4.78, 5) is 14.7. The number of halogens is 1. The van der Waals surface area contributed by atoms with Gasteiger partial charge in [0.15, 0.2) is 6.61 Å². The van der Waals surface area contributed by atoms with Crippen molar-refractivity contribution in [3.8, 4) is 5.75 Å². The second kappa shape index (κ2) is 5.60. The largest absolute Gasteiger partial charge is 0.485 e. The summed E-state index contributed by atoms with van der Waals surface area (Å²) >= 11 is 0. The van der Waals surface area contributed by atoms with E-state index in [1.807, 2.05) is 13.8 Å². The summed E-state index contributed by atoms with van der Waals surface area (Å²) < 4.78 is 23.5. The maximum atomic E-state index is 13.2. The van der Waals surface area contributed by atoms with E-state index in [0.717, 1.165) is 6.07 Å². The summed E-state index contributed by atoms with van der Waals surface area (Å²) in [7, 11) is 0. The number of aldehydes is 1. The fourth-order valence-electron chi connectivity index (χ4n) is 1.44. The van der Waals surface area contributed by atoms with Gasteiger partial charge in [0.05, 0.1) is 0 Å². The number of hydrogen-bond donors (Lipinski definition) is 0. The van der Waals surface area contributed by atoms with Gasteiger partial charge < -0.3 is 9.26 Å². The van der Waals surface area contributed by atoms with E-state index in [2.05, 4.69) is 10.1 Å². The smallest absolute Gasteiger partial charge is 0.229 e. The lowest BCUT2D eigenvalue weighted by atomic mass is 10.2. The van der Waals surface area contributed by atoms with E-state index >= 15 is 0 Å². The van der Waals surface area contributed by atoms with Gasteiger partial charge in [-0.25, -0.2) is 4.39 Å². The second-order valence-corrected chi connectivity index (χ2v) is 4.33. The number of carbonyl (C=O) groups excluding carboxylic acids is 1. The molecule has 1 heterocycles. The summed E-state index contributed by atoms with van der Waals surface area (Å²) in [5, 5.41) is 3.74. The lowest BCUT2D eigenvalue weighted by Gasteiger charge is -2.04. The zero-order valence-electron chi connectivity index (χ0n) is 10.6. The Labute approximate surface area is 109 Å². The van der Waals surface area contributed by atoms with Gasteiger partial charge in [-0.15, -0.1) is 0 Å². The van der Waals surface area contributed by atoms with Crippen LogP contribution in [0.15, 0.2) is 22.7 Å². The van der Waals surface area contributed by atoms with Gasteiger partial charge in [0, 0.05) is 17.5 Å². The standard InChI is InChI=1S/C13H13FN2O3/c1-8(2)13-15-12(16-19-13)7-18-11-4-9(6-17)3-10(14)5-11/h3-6,8H,7H2,1-2H3. The lowest BCUT2D eigenvalue weighted by Crippen LogP contribution is -1.99. The normalized spacial score (nSPS) is 10.7. The van der Waals surface area contributed by atoms with E-state index in [1.165, 1.54) is 12.1 Å². The van der Waals surface area contributed by atoms with Crippen LogP contribution in [0.1, 0.15) is 41.8 Å². The number of hydrogen-bond acceptors (Lipinski definition) is 5. The first-order chi connectivity index (χ1) is 9.08.